The summed E-state index contributed by atoms with van der Waals surface area (Å²) in [5.74, 6) is -1.15. The molecule has 3 heterocycles. The van der Waals surface area contributed by atoms with Gasteiger partial charge in [-0.15, -0.1) is 0 Å². The minimum atomic E-state index is -0.718. The summed E-state index contributed by atoms with van der Waals surface area (Å²) >= 11 is 0. The standard InChI is InChI=1S/C26H29FN4O3/c1-26(2,14-34-3)23-21(15-4-6-16(7-5-15)25(32)33)22-20(12-17-13-28-30-24(17)29-22)31(23)19-10-8-18(27)9-11-19/h8-13,15-16H,4-7,14H2,1-3H3,(H,32,33)(H,28,29,30)/t15-,16-. The number of halogens is 1. The molecule has 5 rings (SSSR count). The first-order valence-corrected chi connectivity index (χ1v) is 11.7. The van der Waals surface area contributed by atoms with E-state index >= 15 is 0 Å². The van der Waals surface area contributed by atoms with E-state index in [1.807, 2.05) is 0 Å². The van der Waals surface area contributed by atoms with Crippen LogP contribution in [0.4, 0.5) is 4.39 Å². The molecule has 0 unspecified atom stereocenters. The van der Waals surface area contributed by atoms with Gasteiger partial charge in [0.05, 0.1) is 29.8 Å². The summed E-state index contributed by atoms with van der Waals surface area (Å²) < 4.78 is 21.6. The number of aliphatic carboxylic acids is 1. The molecule has 1 aliphatic carbocycles. The molecule has 0 radical (unpaired) electrons. The molecule has 1 aliphatic rings. The van der Waals surface area contributed by atoms with Crippen LogP contribution in [0, 0.1) is 11.7 Å². The zero-order valence-electron chi connectivity index (χ0n) is 19.6. The number of ether oxygens (including phenoxy) is 1. The smallest absolute Gasteiger partial charge is 0.306 e. The maximum atomic E-state index is 13.8. The number of rotatable bonds is 6. The molecule has 0 atom stereocenters. The van der Waals surface area contributed by atoms with Crippen LogP contribution in [0.3, 0.4) is 0 Å². The van der Waals surface area contributed by atoms with Crippen LogP contribution in [0.15, 0.2) is 36.5 Å². The van der Waals surface area contributed by atoms with Gasteiger partial charge in [0, 0.05) is 34.9 Å². The molecular formula is C26H29FN4O3. The molecule has 3 aromatic heterocycles. The van der Waals surface area contributed by atoms with Crippen molar-refractivity contribution in [3.05, 3.63) is 53.6 Å². The topological polar surface area (TPSA) is 93.0 Å². The van der Waals surface area contributed by atoms with Crippen LogP contribution in [0.2, 0.25) is 0 Å². The first-order valence-electron chi connectivity index (χ1n) is 11.7. The summed E-state index contributed by atoms with van der Waals surface area (Å²) in [6.45, 7) is 4.77. The van der Waals surface area contributed by atoms with Gasteiger partial charge in [-0.3, -0.25) is 9.89 Å². The van der Waals surface area contributed by atoms with Gasteiger partial charge in [-0.05, 0) is 61.9 Å². The van der Waals surface area contributed by atoms with Gasteiger partial charge >= 0.3 is 5.97 Å². The van der Waals surface area contributed by atoms with E-state index in [2.05, 4.69) is 34.7 Å². The normalized spacial score (nSPS) is 19.2. The maximum Gasteiger partial charge on any atom is 0.306 e. The van der Waals surface area contributed by atoms with Gasteiger partial charge in [0.25, 0.3) is 0 Å². The molecule has 1 fully saturated rings. The maximum absolute atomic E-state index is 13.8. The summed E-state index contributed by atoms with van der Waals surface area (Å²) in [7, 11) is 1.69. The molecule has 1 aromatic carbocycles. The fourth-order valence-corrected chi connectivity index (χ4v) is 5.56. The highest BCUT2D eigenvalue weighted by Crippen LogP contribution is 2.46. The Kier molecular flexibility index (Phi) is 5.64. The van der Waals surface area contributed by atoms with Crippen molar-refractivity contribution < 1.29 is 19.0 Å². The van der Waals surface area contributed by atoms with Crippen LogP contribution in [-0.4, -0.2) is 44.5 Å². The third-order valence-electron chi connectivity index (χ3n) is 7.10. The number of nitrogens with one attached hydrogen (secondary N) is 1. The largest absolute Gasteiger partial charge is 0.481 e. The SMILES string of the molecule is COCC(C)(C)c1c([C@H]2CC[C@H](C(=O)O)CC2)c2nc3[nH]ncc3cc2n1-c1ccc(F)cc1. The number of H-pyrrole nitrogens is 1. The number of fused-ring (bicyclic) bond motifs is 2. The predicted octanol–water partition coefficient (Wildman–Crippen LogP) is 5.32. The molecule has 2 N–H and O–H groups in total. The molecule has 178 valence electrons. The number of methoxy groups -OCH3 is 1. The van der Waals surface area contributed by atoms with Crippen LogP contribution in [0.5, 0.6) is 0 Å². The second-order valence-electron chi connectivity index (χ2n) is 9.94. The molecule has 4 aromatic rings. The summed E-state index contributed by atoms with van der Waals surface area (Å²) in [4.78, 5) is 16.6. The Hall–Kier alpha value is -3.26. The van der Waals surface area contributed by atoms with E-state index < -0.39 is 5.97 Å². The fraction of sp³-hybridized carbons (Fsp3) is 0.423. The Labute approximate surface area is 196 Å². The number of benzene rings is 1. The summed E-state index contributed by atoms with van der Waals surface area (Å²) in [6, 6.07) is 8.58. The molecule has 8 heteroatoms. The summed E-state index contributed by atoms with van der Waals surface area (Å²) in [5.41, 5.74) is 5.18. The molecule has 34 heavy (non-hydrogen) atoms. The Balaban J connectivity index is 1.81. The number of aromatic amines is 1. The van der Waals surface area contributed by atoms with Gasteiger partial charge in [-0.2, -0.15) is 5.10 Å². The van der Waals surface area contributed by atoms with Crippen molar-refractivity contribution in [1.82, 2.24) is 19.7 Å². The lowest BCUT2D eigenvalue weighted by Crippen LogP contribution is -2.29. The fourth-order valence-electron chi connectivity index (χ4n) is 5.56. The van der Waals surface area contributed by atoms with Gasteiger partial charge in [0.2, 0.25) is 0 Å². The number of hydrogen-bond acceptors (Lipinski definition) is 4. The minimum Gasteiger partial charge on any atom is -0.481 e. The van der Waals surface area contributed by atoms with Crippen molar-refractivity contribution in [2.75, 3.05) is 13.7 Å². The Morgan fingerprint density at radius 3 is 2.59 bits per heavy atom. The number of aromatic nitrogens is 4. The molecule has 0 bridgehead atoms. The number of carboxylic acids is 1. The monoisotopic (exact) mass is 464 g/mol. The van der Waals surface area contributed by atoms with Crippen molar-refractivity contribution >= 4 is 28.0 Å². The second kappa shape index (κ2) is 8.51. The van der Waals surface area contributed by atoms with E-state index in [0.717, 1.165) is 46.2 Å². The van der Waals surface area contributed by atoms with E-state index in [1.165, 1.54) is 12.1 Å². The molecule has 1 saturated carbocycles. The quantitative estimate of drug-likeness (QED) is 0.403. The van der Waals surface area contributed by atoms with Crippen molar-refractivity contribution in [3.63, 3.8) is 0 Å². The van der Waals surface area contributed by atoms with Crippen molar-refractivity contribution in [2.45, 2.75) is 50.9 Å². The third kappa shape index (κ3) is 3.76. The van der Waals surface area contributed by atoms with Crippen molar-refractivity contribution in [1.29, 1.82) is 0 Å². The molecule has 0 spiro atoms. The van der Waals surface area contributed by atoms with E-state index in [4.69, 9.17) is 9.72 Å². The highest BCUT2D eigenvalue weighted by atomic mass is 19.1. The first kappa shape index (κ1) is 22.5. The minimum absolute atomic E-state index is 0.166. The van der Waals surface area contributed by atoms with Crippen molar-refractivity contribution in [3.8, 4) is 5.69 Å². The second-order valence-corrected chi connectivity index (χ2v) is 9.94. The van der Waals surface area contributed by atoms with Gasteiger partial charge in [-0.1, -0.05) is 13.8 Å². The number of pyridine rings is 1. The van der Waals surface area contributed by atoms with Crippen LogP contribution in [0.1, 0.15) is 56.7 Å². The Morgan fingerprint density at radius 1 is 1.24 bits per heavy atom. The zero-order valence-corrected chi connectivity index (χ0v) is 19.6. The number of carbonyl (C=O) groups is 1. The lowest BCUT2D eigenvalue weighted by atomic mass is 9.75. The third-order valence-corrected chi connectivity index (χ3v) is 7.10. The van der Waals surface area contributed by atoms with E-state index in [0.29, 0.717) is 25.1 Å². The van der Waals surface area contributed by atoms with Gasteiger partial charge in [0.15, 0.2) is 5.65 Å². The van der Waals surface area contributed by atoms with Crippen LogP contribution < -0.4 is 0 Å². The van der Waals surface area contributed by atoms with Gasteiger partial charge < -0.3 is 14.4 Å². The molecule has 7 nitrogen and oxygen atoms in total. The highest BCUT2D eigenvalue weighted by molar-refractivity contribution is 5.94. The molecule has 0 aliphatic heterocycles. The van der Waals surface area contributed by atoms with Crippen molar-refractivity contribution in [2.24, 2.45) is 5.92 Å². The first-order chi connectivity index (χ1) is 16.3. The van der Waals surface area contributed by atoms with E-state index in [9.17, 15) is 14.3 Å². The average Bonchev–Trinajstić information content (AvgIpc) is 3.40. The molecular weight excluding hydrogens is 435 g/mol. The number of hydrogen-bond donors (Lipinski definition) is 2. The molecule has 0 saturated heterocycles. The Bertz CT molecular complexity index is 1350. The summed E-state index contributed by atoms with van der Waals surface area (Å²) in [5, 5.41) is 17.5. The van der Waals surface area contributed by atoms with Gasteiger partial charge in [-0.25, -0.2) is 9.37 Å². The number of carboxylic acid groups (broad SMARTS) is 1. The van der Waals surface area contributed by atoms with Crippen LogP contribution in [0.25, 0.3) is 27.8 Å². The average molecular weight is 465 g/mol. The van der Waals surface area contributed by atoms with E-state index in [-0.39, 0.29) is 23.1 Å². The highest BCUT2D eigenvalue weighted by Gasteiger charge is 2.37. The zero-order chi connectivity index (χ0) is 24.0. The van der Waals surface area contributed by atoms with Gasteiger partial charge in [0.1, 0.15) is 5.82 Å². The van der Waals surface area contributed by atoms with Crippen LogP contribution in [-0.2, 0) is 14.9 Å². The summed E-state index contributed by atoms with van der Waals surface area (Å²) in [6.07, 6.45) is 4.58. The van der Waals surface area contributed by atoms with E-state index in [1.54, 1.807) is 25.4 Å². The number of nitrogens with zero attached hydrogens (tertiary/aromatic N) is 3. The molecule has 0 amide bonds. The Morgan fingerprint density at radius 2 is 1.94 bits per heavy atom. The lowest BCUT2D eigenvalue weighted by molar-refractivity contribution is -0.142. The van der Waals surface area contributed by atoms with Crippen LogP contribution >= 0.6 is 0 Å². The lowest BCUT2D eigenvalue weighted by Gasteiger charge is -2.32. The predicted molar refractivity (Wildman–Crippen MR) is 128 cm³/mol.